The molecule has 1 N–H and O–H groups in total. The number of carbonyl (C=O) groups excluding carboxylic acids is 1. The Kier molecular flexibility index (Phi) is 4.01. The van der Waals surface area contributed by atoms with E-state index < -0.39 is 0 Å². The molecule has 0 unspecified atom stereocenters. The molecular formula is C10H14ClNO2. The van der Waals surface area contributed by atoms with Gasteiger partial charge < -0.3 is 9.73 Å². The van der Waals surface area contributed by atoms with Gasteiger partial charge in [-0.1, -0.05) is 13.8 Å². The van der Waals surface area contributed by atoms with Gasteiger partial charge in [-0.25, -0.2) is 0 Å². The van der Waals surface area contributed by atoms with Gasteiger partial charge in [-0.2, -0.15) is 0 Å². The molecule has 1 amide bonds. The molecule has 0 bridgehead atoms. The van der Waals surface area contributed by atoms with Crippen molar-refractivity contribution in [3.05, 3.63) is 23.1 Å². The van der Waals surface area contributed by atoms with Gasteiger partial charge in [0.25, 0.3) is 5.91 Å². The molecule has 14 heavy (non-hydrogen) atoms. The van der Waals surface area contributed by atoms with Gasteiger partial charge in [0.05, 0.1) is 0 Å². The summed E-state index contributed by atoms with van der Waals surface area (Å²) >= 11 is 5.54. The smallest absolute Gasteiger partial charge is 0.287 e. The maximum Gasteiger partial charge on any atom is 0.287 e. The van der Waals surface area contributed by atoms with Crippen molar-refractivity contribution in [3.8, 4) is 0 Å². The maximum atomic E-state index is 11.4. The van der Waals surface area contributed by atoms with Gasteiger partial charge in [0, 0.05) is 6.54 Å². The molecule has 0 saturated heterocycles. The van der Waals surface area contributed by atoms with Crippen LogP contribution in [0.25, 0.3) is 0 Å². The van der Waals surface area contributed by atoms with Gasteiger partial charge in [0.15, 0.2) is 11.0 Å². The van der Waals surface area contributed by atoms with Crippen LogP contribution in [0.1, 0.15) is 30.8 Å². The van der Waals surface area contributed by atoms with E-state index in [1.807, 2.05) is 0 Å². The van der Waals surface area contributed by atoms with Crippen molar-refractivity contribution in [3.63, 3.8) is 0 Å². The molecule has 0 fully saturated rings. The van der Waals surface area contributed by atoms with E-state index in [1.54, 1.807) is 12.1 Å². The molecule has 0 spiro atoms. The Balaban J connectivity index is 2.36. The Bertz CT molecular complexity index is 307. The molecular weight excluding hydrogens is 202 g/mol. The molecule has 0 aliphatic rings. The molecule has 1 heterocycles. The zero-order valence-corrected chi connectivity index (χ0v) is 9.10. The highest BCUT2D eigenvalue weighted by atomic mass is 35.5. The molecule has 4 heteroatoms. The van der Waals surface area contributed by atoms with Crippen LogP contribution < -0.4 is 5.32 Å². The van der Waals surface area contributed by atoms with Crippen molar-refractivity contribution in [2.24, 2.45) is 5.92 Å². The quantitative estimate of drug-likeness (QED) is 0.839. The first kappa shape index (κ1) is 11.1. The third kappa shape index (κ3) is 3.42. The molecule has 0 aromatic carbocycles. The van der Waals surface area contributed by atoms with E-state index in [0.717, 1.165) is 6.42 Å². The van der Waals surface area contributed by atoms with Gasteiger partial charge >= 0.3 is 0 Å². The van der Waals surface area contributed by atoms with Gasteiger partial charge in [-0.05, 0) is 36.1 Å². The standard InChI is InChI=1S/C10H14ClNO2/c1-7(2)5-6-12-10(13)8-3-4-9(11)14-8/h3-4,7H,5-6H2,1-2H3,(H,12,13). The Morgan fingerprint density at radius 3 is 2.79 bits per heavy atom. The van der Waals surface area contributed by atoms with Crippen LogP contribution in [0.15, 0.2) is 16.5 Å². The highest BCUT2D eigenvalue weighted by Crippen LogP contribution is 2.12. The van der Waals surface area contributed by atoms with E-state index in [2.05, 4.69) is 19.2 Å². The maximum absolute atomic E-state index is 11.4. The topological polar surface area (TPSA) is 42.2 Å². The summed E-state index contributed by atoms with van der Waals surface area (Å²) < 4.78 is 4.96. The number of carbonyl (C=O) groups is 1. The molecule has 0 aliphatic carbocycles. The first-order valence-corrected chi connectivity index (χ1v) is 5.01. The lowest BCUT2D eigenvalue weighted by molar-refractivity contribution is 0.0924. The minimum atomic E-state index is -0.211. The molecule has 1 aromatic heterocycles. The van der Waals surface area contributed by atoms with Crippen molar-refractivity contribution in [2.75, 3.05) is 6.54 Å². The Morgan fingerprint density at radius 2 is 2.29 bits per heavy atom. The summed E-state index contributed by atoms with van der Waals surface area (Å²) in [5, 5.41) is 2.99. The Labute approximate surface area is 88.4 Å². The van der Waals surface area contributed by atoms with Gasteiger partial charge in [-0.15, -0.1) is 0 Å². The van der Waals surface area contributed by atoms with Gasteiger partial charge in [0.2, 0.25) is 0 Å². The molecule has 1 rings (SSSR count). The number of halogens is 1. The van der Waals surface area contributed by atoms with Crippen LogP contribution in [0.5, 0.6) is 0 Å². The number of amides is 1. The van der Waals surface area contributed by atoms with E-state index in [9.17, 15) is 4.79 Å². The minimum absolute atomic E-state index is 0.211. The number of hydrogen-bond acceptors (Lipinski definition) is 2. The van der Waals surface area contributed by atoms with Crippen LogP contribution in [0.3, 0.4) is 0 Å². The van der Waals surface area contributed by atoms with Crippen LogP contribution in [0.2, 0.25) is 5.22 Å². The van der Waals surface area contributed by atoms with Crippen LogP contribution in [0, 0.1) is 5.92 Å². The van der Waals surface area contributed by atoms with Crippen molar-refractivity contribution < 1.29 is 9.21 Å². The van der Waals surface area contributed by atoms with E-state index in [0.29, 0.717) is 12.5 Å². The van der Waals surface area contributed by atoms with E-state index >= 15 is 0 Å². The summed E-state index contributed by atoms with van der Waals surface area (Å²) in [5.74, 6) is 0.631. The fourth-order valence-electron chi connectivity index (χ4n) is 0.998. The average Bonchev–Trinajstić information content (AvgIpc) is 2.51. The first-order chi connectivity index (χ1) is 6.59. The average molecular weight is 216 g/mol. The highest BCUT2D eigenvalue weighted by Gasteiger charge is 2.09. The molecule has 0 radical (unpaired) electrons. The number of nitrogens with one attached hydrogen (secondary N) is 1. The Hall–Kier alpha value is -0.960. The van der Waals surface area contributed by atoms with Crippen molar-refractivity contribution in [1.82, 2.24) is 5.32 Å². The fraction of sp³-hybridized carbons (Fsp3) is 0.500. The summed E-state index contributed by atoms with van der Waals surface area (Å²) in [6, 6.07) is 3.12. The second-order valence-electron chi connectivity index (χ2n) is 3.54. The van der Waals surface area contributed by atoms with Crippen LogP contribution in [0.4, 0.5) is 0 Å². The lowest BCUT2D eigenvalue weighted by Crippen LogP contribution is -2.24. The van der Waals surface area contributed by atoms with Crippen LogP contribution in [-0.4, -0.2) is 12.5 Å². The Morgan fingerprint density at radius 1 is 1.57 bits per heavy atom. The minimum Gasteiger partial charge on any atom is -0.440 e. The summed E-state index contributed by atoms with van der Waals surface area (Å²) in [6.45, 7) is 4.88. The first-order valence-electron chi connectivity index (χ1n) is 4.63. The molecule has 0 aliphatic heterocycles. The number of rotatable bonds is 4. The predicted octanol–water partition coefficient (Wildman–Crippen LogP) is 2.71. The summed E-state index contributed by atoms with van der Waals surface area (Å²) in [6.07, 6.45) is 0.959. The summed E-state index contributed by atoms with van der Waals surface area (Å²) in [5.41, 5.74) is 0. The lowest BCUT2D eigenvalue weighted by Gasteiger charge is -2.04. The van der Waals surface area contributed by atoms with Crippen LogP contribution >= 0.6 is 11.6 Å². The predicted molar refractivity (Wildman–Crippen MR) is 55.5 cm³/mol. The van der Waals surface area contributed by atoms with Gasteiger partial charge in [-0.3, -0.25) is 4.79 Å². The highest BCUT2D eigenvalue weighted by molar-refractivity contribution is 6.29. The van der Waals surface area contributed by atoms with Crippen LogP contribution in [-0.2, 0) is 0 Å². The second kappa shape index (κ2) is 5.05. The number of hydrogen-bond donors (Lipinski definition) is 1. The van der Waals surface area contributed by atoms with E-state index in [1.165, 1.54) is 0 Å². The number of furan rings is 1. The van der Waals surface area contributed by atoms with Crippen molar-refractivity contribution >= 4 is 17.5 Å². The van der Waals surface area contributed by atoms with Crippen molar-refractivity contribution in [2.45, 2.75) is 20.3 Å². The van der Waals surface area contributed by atoms with E-state index in [-0.39, 0.29) is 16.9 Å². The third-order valence-electron chi connectivity index (χ3n) is 1.80. The summed E-state index contributed by atoms with van der Waals surface area (Å²) in [4.78, 5) is 11.4. The third-order valence-corrected chi connectivity index (χ3v) is 2.01. The summed E-state index contributed by atoms with van der Waals surface area (Å²) in [7, 11) is 0. The molecule has 1 aromatic rings. The normalized spacial score (nSPS) is 10.6. The fourth-order valence-corrected chi connectivity index (χ4v) is 1.14. The van der Waals surface area contributed by atoms with E-state index in [4.69, 9.17) is 16.0 Å². The molecule has 3 nitrogen and oxygen atoms in total. The monoisotopic (exact) mass is 215 g/mol. The molecule has 0 saturated carbocycles. The zero-order valence-electron chi connectivity index (χ0n) is 8.34. The van der Waals surface area contributed by atoms with Crippen molar-refractivity contribution in [1.29, 1.82) is 0 Å². The second-order valence-corrected chi connectivity index (χ2v) is 3.91. The largest absolute Gasteiger partial charge is 0.440 e. The van der Waals surface area contributed by atoms with Gasteiger partial charge in [0.1, 0.15) is 0 Å². The SMILES string of the molecule is CC(C)CCNC(=O)c1ccc(Cl)o1. The molecule has 0 atom stereocenters. The lowest BCUT2D eigenvalue weighted by atomic mass is 10.1. The zero-order chi connectivity index (χ0) is 10.6. The molecule has 78 valence electrons.